The lowest BCUT2D eigenvalue weighted by Crippen LogP contribution is -2.17. The van der Waals surface area contributed by atoms with E-state index in [1.807, 2.05) is 31.2 Å². The van der Waals surface area contributed by atoms with Crippen LogP contribution in [0.4, 0.5) is 0 Å². The summed E-state index contributed by atoms with van der Waals surface area (Å²) in [6.45, 7) is 1.86. The third-order valence-corrected chi connectivity index (χ3v) is 2.95. The van der Waals surface area contributed by atoms with Crippen LogP contribution in [0.3, 0.4) is 0 Å². The van der Waals surface area contributed by atoms with Crippen molar-refractivity contribution < 1.29 is 14.3 Å². The number of carbonyl (C=O) groups is 1. The molecule has 0 fully saturated rings. The molecule has 0 aliphatic rings. The minimum Gasteiger partial charge on any atom is -0.482 e. The van der Waals surface area contributed by atoms with Gasteiger partial charge in [-0.2, -0.15) is 0 Å². The van der Waals surface area contributed by atoms with Crippen molar-refractivity contribution in [2.75, 3.05) is 6.61 Å². The molecule has 19 heavy (non-hydrogen) atoms. The molecule has 0 bridgehead atoms. The van der Waals surface area contributed by atoms with Crippen molar-refractivity contribution in [2.24, 2.45) is 0 Å². The minimum absolute atomic E-state index is 0.116. The predicted molar refractivity (Wildman–Crippen MR) is 76.5 cm³/mol. The van der Waals surface area contributed by atoms with Gasteiger partial charge in [0.2, 0.25) is 0 Å². The van der Waals surface area contributed by atoms with Crippen LogP contribution in [0.1, 0.15) is 5.56 Å². The Hall–Kier alpha value is -1.81. The van der Waals surface area contributed by atoms with Crippen LogP contribution in [-0.4, -0.2) is 12.6 Å². The number of hydrogen-bond donors (Lipinski definition) is 0. The molecule has 0 spiro atoms. The van der Waals surface area contributed by atoms with E-state index in [1.165, 1.54) is 0 Å². The maximum Gasteiger partial charge on any atom is 0.349 e. The lowest BCUT2D eigenvalue weighted by Gasteiger charge is -2.07. The highest BCUT2D eigenvalue weighted by Gasteiger charge is 2.05. The number of aryl methyl sites for hydroxylation is 1. The SMILES string of the molecule is Cc1ccc(OC(=O)COc2ccc(Br)cc2)cc1. The quantitative estimate of drug-likeness (QED) is 0.636. The van der Waals surface area contributed by atoms with Crippen LogP contribution in [0, 0.1) is 6.92 Å². The largest absolute Gasteiger partial charge is 0.482 e. The number of halogens is 1. The molecule has 0 saturated carbocycles. The van der Waals surface area contributed by atoms with Crippen molar-refractivity contribution >= 4 is 21.9 Å². The number of hydrogen-bond acceptors (Lipinski definition) is 3. The van der Waals surface area contributed by atoms with Crippen molar-refractivity contribution in [1.29, 1.82) is 0 Å². The summed E-state index contributed by atoms with van der Waals surface area (Å²) in [5, 5.41) is 0. The van der Waals surface area contributed by atoms with E-state index >= 15 is 0 Å². The average Bonchev–Trinajstić information content (AvgIpc) is 2.41. The van der Waals surface area contributed by atoms with Gasteiger partial charge in [-0.05, 0) is 43.3 Å². The molecule has 0 heterocycles. The molecule has 0 saturated heterocycles. The van der Waals surface area contributed by atoms with Gasteiger partial charge in [-0.15, -0.1) is 0 Å². The van der Waals surface area contributed by atoms with E-state index in [1.54, 1.807) is 24.3 Å². The van der Waals surface area contributed by atoms with E-state index in [9.17, 15) is 4.79 Å². The van der Waals surface area contributed by atoms with Crippen molar-refractivity contribution in [3.05, 3.63) is 58.6 Å². The van der Waals surface area contributed by atoms with E-state index in [4.69, 9.17) is 9.47 Å². The molecule has 0 unspecified atom stereocenters. The van der Waals surface area contributed by atoms with Crippen molar-refractivity contribution in [3.63, 3.8) is 0 Å². The molecule has 0 radical (unpaired) electrons. The molecule has 0 amide bonds. The first-order valence-corrected chi connectivity index (χ1v) is 6.58. The Morgan fingerprint density at radius 2 is 1.58 bits per heavy atom. The molecular weight excluding hydrogens is 308 g/mol. The highest BCUT2D eigenvalue weighted by Crippen LogP contribution is 2.16. The zero-order valence-electron chi connectivity index (χ0n) is 10.4. The third-order valence-electron chi connectivity index (χ3n) is 2.42. The Morgan fingerprint density at radius 3 is 2.21 bits per heavy atom. The topological polar surface area (TPSA) is 35.5 Å². The van der Waals surface area contributed by atoms with E-state index in [0.717, 1.165) is 10.0 Å². The van der Waals surface area contributed by atoms with Gasteiger partial charge in [0.05, 0.1) is 0 Å². The van der Waals surface area contributed by atoms with Crippen LogP contribution in [0.2, 0.25) is 0 Å². The monoisotopic (exact) mass is 320 g/mol. The maximum absolute atomic E-state index is 11.6. The Bertz CT molecular complexity index is 547. The molecule has 0 aromatic heterocycles. The van der Waals surface area contributed by atoms with Gasteiger partial charge in [-0.3, -0.25) is 0 Å². The minimum atomic E-state index is -0.424. The Balaban J connectivity index is 1.84. The van der Waals surface area contributed by atoms with Gasteiger partial charge in [0.25, 0.3) is 0 Å². The Labute approximate surface area is 120 Å². The number of ether oxygens (including phenoxy) is 2. The molecule has 0 N–H and O–H groups in total. The second kappa shape index (κ2) is 6.38. The van der Waals surface area contributed by atoms with E-state index in [0.29, 0.717) is 11.5 Å². The summed E-state index contributed by atoms with van der Waals surface area (Å²) in [7, 11) is 0. The van der Waals surface area contributed by atoms with Gasteiger partial charge in [0, 0.05) is 4.47 Å². The molecular formula is C15H13BrO3. The second-order valence-electron chi connectivity index (χ2n) is 4.03. The fraction of sp³-hybridized carbons (Fsp3) is 0.133. The number of benzene rings is 2. The molecule has 4 heteroatoms. The standard InChI is InChI=1S/C15H13BrO3/c1-11-2-6-14(7-3-11)19-15(17)10-18-13-8-4-12(16)5-9-13/h2-9H,10H2,1H3. The summed E-state index contributed by atoms with van der Waals surface area (Å²) in [6, 6.07) is 14.5. The summed E-state index contributed by atoms with van der Waals surface area (Å²) in [4.78, 5) is 11.6. The van der Waals surface area contributed by atoms with E-state index < -0.39 is 5.97 Å². The van der Waals surface area contributed by atoms with Gasteiger partial charge in [0.1, 0.15) is 11.5 Å². The van der Waals surface area contributed by atoms with Crippen LogP contribution < -0.4 is 9.47 Å². The zero-order chi connectivity index (χ0) is 13.7. The molecule has 2 aromatic carbocycles. The molecule has 0 atom stereocenters. The van der Waals surface area contributed by atoms with Crippen LogP contribution >= 0.6 is 15.9 Å². The number of rotatable bonds is 4. The molecule has 3 nitrogen and oxygen atoms in total. The van der Waals surface area contributed by atoms with Gasteiger partial charge in [0.15, 0.2) is 6.61 Å². The fourth-order valence-corrected chi connectivity index (χ4v) is 1.70. The lowest BCUT2D eigenvalue weighted by molar-refractivity contribution is -0.136. The summed E-state index contributed by atoms with van der Waals surface area (Å²) in [6.07, 6.45) is 0. The first-order valence-electron chi connectivity index (χ1n) is 5.79. The van der Waals surface area contributed by atoms with Crippen LogP contribution in [0.25, 0.3) is 0 Å². The molecule has 98 valence electrons. The third kappa shape index (κ3) is 4.41. The molecule has 0 aliphatic carbocycles. The van der Waals surface area contributed by atoms with Crippen molar-refractivity contribution in [1.82, 2.24) is 0 Å². The first kappa shape index (κ1) is 13.6. The predicted octanol–water partition coefficient (Wildman–Crippen LogP) is 3.74. The van der Waals surface area contributed by atoms with Crippen LogP contribution in [0.15, 0.2) is 53.0 Å². The van der Waals surface area contributed by atoms with Gasteiger partial charge >= 0.3 is 5.97 Å². The van der Waals surface area contributed by atoms with E-state index in [-0.39, 0.29) is 6.61 Å². The van der Waals surface area contributed by atoms with Gasteiger partial charge < -0.3 is 9.47 Å². The van der Waals surface area contributed by atoms with Gasteiger partial charge in [-0.1, -0.05) is 33.6 Å². The van der Waals surface area contributed by atoms with Crippen molar-refractivity contribution in [3.8, 4) is 11.5 Å². The van der Waals surface area contributed by atoms with Gasteiger partial charge in [-0.25, -0.2) is 4.79 Å². The van der Waals surface area contributed by atoms with Crippen LogP contribution in [0.5, 0.6) is 11.5 Å². The fourth-order valence-electron chi connectivity index (χ4n) is 1.44. The summed E-state index contributed by atoms with van der Waals surface area (Å²) in [5.41, 5.74) is 1.12. The van der Waals surface area contributed by atoms with Crippen LogP contribution in [-0.2, 0) is 4.79 Å². The Kier molecular flexibility index (Phi) is 4.58. The lowest BCUT2D eigenvalue weighted by atomic mass is 10.2. The highest BCUT2D eigenvalue weighted by atomic mass is 79.9. The normalized spacial score (nSPS) is 10.0. The second-order valence-corrected chi connectivity index (χ2v) is 4.95. The molecule has 0 aliphatic heterocycles. The highest BCUT2D eigenvalue weighted by molar-refractivity contribution is 9.10. The number of carbonyl (C=O) groups excluding carboxylic acids is 1. The average molecular weight is 321 g/mol. The Morgan fingerprint density at radius 1 is 1.00 bits per heavy atom. The zero-order valence-corrected chi connectivity index (χ0v) is 12.0. The maximum atomic E-state index is 11.6. The molecule has 2 aromatic rings. The van der Waals surface area contributed by atoms with Crippen molar-refractivity contribution in [2.45, 2.75) is 6.92 Å². The smallest absolute Gasteiger partial charge is 0.349 e. The summed E-state index contributed by atoms with van der Waals surface area (Å²) < 4.78 is 11.4. The molecule has 2 rings (SSSR count). The summed E-state index contributed by atoms with van der Waals surface area (Å²) in [5.74, 6) is 0.728. The summed E-state index contributed by atoms with van der Waals surface area (Å²) >= 11 is 3.33. The van der Waals surface area contributed by atoms with E-state index in [2.05, 4.69) is 15.9 Å². The first-order chi connectivity index (χ1) is 9.13. The number of esters is 1.